The molecule has 3 heterocycles. The van der Waals surface area contributed by atoms with E-state index in [2.05, 4.69) is 32.6 Å². The van der Waals surface area contributed by atoms with Crippen LogP contribution in [-0.4, -0.2) is 37.5 Å². The zero-order chi connectivity index (χ0) is 27.5. The molecule has 0 fully saturated rings. The van der Waals surface area contributed by atoms with Crippen LogP contribution in [0.1, 0.15) is 49.1 Å². The van der Waals surface area contributed by atoms with Crippen molar-refractivity contribution in [3.63, 3.8) is 0 Å². The van der Waals surface area contributed by atoms with Crippen molar-refractivity contribution in [2.75, 3.05) is 12.3 Å². The first-order valence-electron chi connectivity index (χ1n) is 12.2. The van der Waals surface area contributed by atoms with Crippen LogP contribution in [0.2, 0.25) is 0 Å². The van der Waals surface area contributed by atoms with Crippen molar-refractivity contribution in [1.82, 2.24) is 29.8 Å². The number of aromatic nitrogens is 4. The zero-order valence-electron chi connectivity index (χ0n) is 21.3. The van der Waals surface area contributed by atoms with Gasteiger partial charge in [0.05, 0.1) is 18.0 Å². The van der Waals surface area contributed by atoms with E-state index in [9.17, 15) is 14.4 Å². The SMILES string of the molecule is C.CC(=O)NCC#Cc1cccc2cc([C@H](C)NC(=O)c3c(N)nc4cccnn34)n(-c3ccccc3)c(=O)c12. The summed E-state index contributed by atoms with van der Waals surface area (Å²) >= 11 is 0. The molecule has 0 radical (unpaired) electrons. The minimum absolute atomic E-state index is 0. The lowest BCUT2D eigenvalue weighted by atomic mass is 10.0. The third kappa shape index (κ3) is 5.26. The van der Waals surface area contributed by atoms with E-state index in [1.165, 1.54) is 11.4 Å². The Kier molecular flexibility index (Phi) is 7.96. The molecule has 1 atom stereocenters. The molecule has 0 saturated carbocycles. The van der Waals surface area contributed by atoms with E-state index in [1.807, 2.05) is 48.5 Å². The Hall–Kier alpha value is -5.43. The molecule has 10 heteroatoms. The van der Waals surface area contributed by atoms with Gasteiger partial charge in [-0.1, -0.05) is 49.6 Å². The summed E-state index contributed by atoms with van der Waals surface area (Å²) in [6.45, 7) is 3.38. The Morgan fingerprint density at radius 1 is 1.07 bits per heavy atom. The molecule has 0 unspecified atom stereocenters. The number of hydrogen-bond acceptors (Lipinski definition) is 6. The molecule has 5 aromatic rings. The molecule has 202 valence electrons. The third-order valence-electron chi connectivity index (χ3n) is 6.16. The highest BCUT2D eigenvalue weighted by atomic mass is 16.2. The van der Waals surface area contributed by atoms with Crippen molar-refractivity contribution in [2.24, 2.45) is 0 Å². The molecule has 10 nitrogen and oxygen atoms in total. The summed E-state index contributed by atoms with van der Waals surface area (Å²) in [5.74, 6) is 5.30. The van der Waals surface area contributed by atoms with E-state index in [0.29, 0.717) is 33.4 Å². The summed E-state index contributed by atoms with van der Waals surface area (Å²) in [4.78, 5) is 42.8. The number of carbonyl (C=O) groups is 2. The quantitative estimate of drug-likeness (QED) is 0.296. The molecular formula is C30H29N7O3. The largest absolute Gasteiger partial charge is 0.382 e. The zero-order valence-corrected chi connectivity index (χ0v) is 21.3. The Bertz CT molecular complexity index is 1850. The van der Waals surface area contributed by atoms with Crippen LogP contribution in [0.15, 0.2) is 77.7 Å². The first-order chi connectivity index (χ1) is 18.8. The number of rotatable bonds is 5. The third-order valence-corrected chi connectivity index (χ3v) is 6.16. The van der Waals surface area contributed by atoms with Crippen LogP contribution in [0.4, 0.5) is 5.82 Å². The number of fused-ring (bicyclic) bond motifs is 2. The fourth-order valence-corrected chi connectivity index (χ4v) is 4.41. The molecule has 0 aliphatic rings. The number of carbonyl (C=O) groups excluding carboxylic acids is 2. The van der Waals surface area contributed by atoms with Gasteiger partial charge in [-0.15, -0.1) is 0 Å². The maximum absolute atomic E-state index is 14.0. The van der Waals surface area contributed by atoms with E-state index in [1.54, 1.807) is 35.9 Å². The van der Waals surface area contributed by atoms with Crippen LogP contribution in [-0.2, 0) is 4.79 Å². The van der Waals surface area contributed by atoms with Crippen LogP contribution >= 0.6 is 0 Å². The lowest BCUT2D eigenvalue weighted by molar-refractivity contribution is -0.118. The van der Waals surface area contributed by atoms with Gasteiger partial charge in [-0.3, -0.25) is 19.0 Å². The Balaban J connectivity index is 0.00000370. The summed E-state index contributed by atoms with van der Waals surface area (Å²) in [5.41, 5.74) is 8.07. The van der Waals surface area contributed by atoms with Crippen molar-refractivity contribution >= 4 is 34.1 Å². The fourth-order valence-electron chi connectivity index (χ4n) is 4.41. The Morgan fingerprint density at radius 3 is 2.60 bits per heavy atom. The second-order valence-corrected chi connectivity index (χ2v) is 8.86. The summed E-state index contributed by atoms with van der Waals surface area (Å²) in [5, 5.41) is 10.9. The fraction of sp³-hybridized carbons (Fsp3) is 0.167. The molecule has 0 saturated heterocycles. The standard InChI is InChI=1S/C29H25N7O3.CH4/c1-18(33-28(38)26-27(30)34-24-14-8-16-32-36(24)26)23-17-21-10-6-9-20(11-7-15-31-19(2)37)25(21)29(39)35(23)22-12-4-3-5-13-22;/h3-6,8-10,12-14,16-18H,15,30H2,1-2H3,(H,31,37)(H,33,38);1H4/t18-;/m0./s1. The van der Waals surface area contributed by atoms with Crippen molar-refractivity contribution in [2.45, 2.75) is 27.3 Å². The van der Waals surface area contributed by atoms with E-state index in [4.69, 9.17) is 5.73 Å². The van der Waals surface area contributed by atoms with Gasteiger partial charge < -0.3 is 16.4 Å². The summed E-state index contributed by atoms with van der Waals surface area (Å²) in [7, 11) is 0. The number of nitrogens with one attached hydrogen (secondary N) is 2. The number of imidazole rings is 1. The number of hydrogen-bond donors (Lipinski definition) is 3. The topological polar surface area (TPSA) is 136 Å². The van der Waals surface area contributed by atoms with Gasteiger partial charge in [-0.05, 0) is 48.7 Å². The minimum Gasteiger partial charge on any atom is -0.382 e. The number of nitrogens with zero attached hydrogens (tertiary/aromatic N) is 4. The molecule has 5 rings (SSSR count). The van der Waals surface area contributed by atoms with Gasteiger partial charge in [0.2, 0.25) is 5.91 Å². The maximum Gasteiger partial charge on any atom is 0.274 e. The number of para-hydroxylation sites is 1. The second kappa shape index (κ2) is 11.5. The minimum atomic E-state index is -0.599. The number of pyridine rings is 1. The number of nitrogens with two attached hydrogens (primary N) is 1. The van der Waals surface area contributed by atoms with Gasteiger partial charge in [-0.25, -0.2) is 9.50 Å². The molecule has 0 aliphatic heterocycles. The van der Waals surface area contributed by atoms with Gasteiger partial charge in [-0.2, -0.15) is 5.10 Å². The lowest BCUT2D eigenvalue weighted by Gasteiger charge is -2.21. The van der Waals surface area contributed by atoms with Crippen molar-refractivity contribution < 1.29 is 9.59 Å². The highest BCUT2D eigenvalue weighted by molar-refractivity contribution is 5.98. The number of benzene rings is 2. The van der Waals surface area contributed by atoms with Gasteiger partial charge in [0.15, 0.2) is 17.2 Å². The Morgan fingerprint density at radius 2 is 1.85 bits per heavy atom. The number of anilines is 1. The highest BCUT2D eigenvalue weighted by Crippen LogP contribution is 2.24. The lowest BCUT2D eigenvalue weighted by Crippen LogP contribution is -2.33. The summed E-state index contributed by atoms with van der Waals surface area (Å²) in [6.07, 6.45) is 1.54. The number of nitrogen functional groups attached to an aromatic ring is 1. The van der Waals surface area contributed by atoms with E-state index in [0.717, 1.165) is 0 Å². The average Bonchev–Trinajstić information content (AvgIpc) is 3.27. The van der Waals surface area contributed by atoms with E-state index < -0.39 is 11.9 Å². The molecule has 40 heavy (non-hydrogen) atoms. The predicted octanol–water partition coefficient (Wildman–Crippen LogP) is 3.23. The van der Waals surface area contributed by atoms with Gasteiger partial charge in [0, 0.05) is 30.1 Å². The van der Waals surface area contributed by atoms with E-state index in [-0.39, 0.29) is 36.9 Å². The molecular weight excluding hydrogens is 506 g/mol. The first kappa shape index (κ1) is 27.6. The van der Waals surface area contributed by atoms with Crippen molar-refractivity contribution in [3.05, 3.63) is 100 Å². The normalized spacial score (nSPS) is 11.2. The van der Waals surface area contributed by atoms with Gasteiger partial charge in [0.1, 0.15) is 0 Å². The molecule has 0 spiro atoms. The molecule has 2 aromatic carbocycles. The monoisotopic (exact) mass is 535 g/mol. The summed E-state index contributed by atoms with van der Waals surface area (Å²) < 4.78 is 2.95. The van der Waals surface area contributed by atoms with Gasteiger partial charge >= 0.3 is 0 Å². The predicted molar refractivity (Wildman–Crippen MR) is 155 cm³/mol. The molecule has 4 N–H and O–H groups in total. The average molecular weight is 536 g/mol. The Labute approximate surface area is 230 Å². The maximum atomic E-state index is 14.0. The highest BCUT2D eigenvalue weighted by Gasteiger charge is 2.23. The first-order valence-corrected chi connectivity index (χ1v) is 12.2. The van der Waals surface area contributed by atoms with Crippen molar-refractivity contribution in [3.8, 4) is 17.5 Å². The second-order valence-electron chi connectivity index (χ2n) is 8.86. The van der Waals surface area contributed by atoms with Crippen molar-refractivity contribution in [1.29, 1.82) is 0 Å². The van der Waals surface area contributed by atoms with Gasteiger partial charge in [0.25, 0.3) is 11.5 Å². The van der Waals surface area contributed by atoms with Crippen LogP contribution in [0, 0.1) is 11.8 Å². The smallest absolute Gasteiger partial charge is 0.274 e. The van der Waals surface area contributed by atoms with Crippen LogP contribution in [0.3, 0.4) is 0 Å². The molecule has 2 amide bonds. The van der Waals surface area contributed by atoms with Crippen LogP contribution in [0.5, 0.6) is 0 Å². The molecule has 0 aliphatic carbocycles. The molecule has 0 bridgehead atoms. The van der Waals surface area contributed by atoms with Crippen LogP contribution < -0.4 is 21.9 Å². The molecule has 3 aromatic heterocycles. The number of amides is 2. The van der Waals surface area contributed by atoms with E-state index >= 15 is 0 Å². The summed E-state index contributed by atoms with van der Waals surface area (Å²) in [6, 6.07) is 19.3. The van der Waals surface area contributed by atoms with Crippen LogP contribution in [0.25, 0.3) is 22.1 Å².